The van der Waals surface area contributed by atoms with Gasteiger partial charge in [-0.25, -0.2) is 4.98 Å². The van der Waals surface area contributed by atoms with E-state index >= 15 is 0 Å². The lowest BCUT2D eigenvalue weighted by Crippen LogP contribution is -2.32. The Labute approximate surface area is 179 Å². The molecular formula is C20H19F3N4O5. The van der Waals surface area contributed by atoms with E-state index in [-0.39, 0.29) is 36.1 Å². The molecule has 12 heteroatoms. The summed E-state index contributed by atoms with van der Waals surface area (Å²) in [5, 5.41) is 6.78. The van der Waals surface area contributed by atoms with Gasteiger partial charge in [0.2, 0.25) is 5.76 Å². The third kappa shape index (κ3) is 3.91. The number of furan rings is 1. The Hall–Kier alpha value is -3.12. The number of nitrogens with zero attached hydrogens (tertiary/aromatic N) is 3. The molecule has 0 saturated carbocycles. The number of rotatable bonds is 5. The van der Waals surface area contributed by atoms with Gasteiger partial charge in [0.05, 0.1) is 49.9 Å². The van der Waals surface area contributed by atoms with Crippen molar-refractivity contribution in [3.05, 3.63) is 47.2 Å². The Morgan fingerprint density at radius 3 is 2.88 bits per heavy atom. The zero-order valence-electron chi connectivity index (χ0n) is 16.8. The molecule has 5 rings (SSSR count). The molecule has 0 unspecified atom stereocenters. The van der Waals surface area contributed by atoms with Gasteiger partial charge >= 0.3 is 6.18 Å². The molecular weight excluding hydrogens is 433 g/mol. The van der Waals surface area contributed by atoms with Crippen LogP contribution < -0.4 is 5.32 Å². The van der Waals surface area contributed by atoms with Gasteiger partial charge in [-0.2, -0.15) is 18.3 Å². The number of carbonyl (C=O) groups excluding carboxylic acids is 1. The summed E-state index contributed by atoms with van der Waals surface area (Å²) in [5.41, 5.74) is -0.0821. The van der Waals surface area contributed by atoms with Crippen LogP contribution in [0.2, 0.25) is 0 Å². The highest BCUT2D eigenvalue weighted by molar-refractivity contribution is 5.96. The van der Waals surface area contributed by atoms with E-state index in [0.29, 0.717) is 44.0 Å². The van der Waals surface area contributed by atoms with E-state index in [1.165, 1.54) is 6.26 Å². The molecule has 1 atom stereocenters. The fraction of sp³-hybridized carbons (Fsp3) is 0.450. The average Bonchev–Trinajstić information content (AvgIpc) is 3.49. The molecule has 1 N–H and O–H groups in total. The average molecular weight is 452 g/mol. The van der Waals surface area contributed by atoms with Crippen molar-refractivity contribution in [1.29, 1.82) is 0 Å². The van der Waals surface area contributed by atoms with E-state index in [4.69, 9.17) is 18.3 Å². The first-order valence-electron chi connectivity index (χ1n) is 10.0. The van der Waals surface area contributed by atoms with Crippen LogP contribution in [0.3, 0.4) is 0 Å². The van der Waals surface area contributed by atoms with Crippen molar-refractivity contribution in [3.63, 3.8) is 0 Å². The van der Waals surface area contributed by atoms with Gasteiger partial charge in [0.1, 0.15) is 23.7 Å². The maximum absolute atomic E-state index is 14.1. The van der Waals surface area contributed by atoms with Crippen LogP contribution in [0.1, 0.15) is 33.1 Å². The van der Waals surface area contributed by atoms with Gasteiger partial charge in [-0.05, 0) is 12.0 Å². The summed E-state index contributed by atoms with van der Waals surface area (Å²) >= 11 is 0. The lowest BCUT2D eigenvalue weighted by Gasteiger charge is -2.22. The SMILES string of the molecule is O=C(NCc1cocn1)c1oc2c(c1C(F)(F)F)-c1nn(C[C@H]3COCCO3)cc1CC2. The molecule has 2 aliphatic rings. The Kier molecular flexibility index (Phi) is 5.25. The Morgan fingerprint density at radius 1 is 1.28 bits per heavy atom. The van der Waals surface area contributed by atoms with Crippen molar-refractivity contribution >= 4 is 5.91 Å². The van der Waals surface area contributed by atoms with Crippen molar-refractivity contribution in [1.82, 2.24) is 20.1 Å². The van der Waals surface area contributed by atoms with Crippen LogP contribution in [0.4, 0.5) is 13.2 Å². The topological polar surface area (TPSA) is 105 Å². The van der Waals surface area contributed by atoms with Crippen LogP contribution in [0, 0.1) is 0 Å². The van der Waals surface area contributed by atoms with E-state index in [9.17, 15) is 18.0 Å². The van der Waals surface area contributed by atoms with E-state index in [2.05, 4.69) is 15.4 Å². The third-order valence-electron chi connectivity index (χ3n) is 5.36. The largest absolute Gasteiger partial charge is 0.455 e. The number of hydrogen-bond acceptors (Lipinski definition) is 7. The van der Waals surface area contributed by atoms with Gasteiger partial charge in [-0.3, -0.25) is 9.48 Å². The molecule has 32 heavy (non-hydrogen) atoms. The predicted octanol–water partition coefficient (Wildman–Crippen LogP) is 2.59. The minimum atomic E-state index is -4.81. The normalized spacial score (nSPS) is 18.3. The molecule has 1 aliphatic heterocycles. The summed E-state index contributed by atoms with van der Waals surface area (Å²) in [4.78, 5) is 16.4. The number of nitrogens with one attached hydrogen (secondary N) is 1. The third-order valence-corrected chi connectivity index (χ3v) is 5.36. The monoisotopic (exact) mass is 452 g/mol. The maximum atomic E-state index is 14.1. The number of aromatic nitrogens is 3. The second-order valence-corrected chi connectivity index (χ2v) is 7.56. The standard InChI is InChI=1S/C20H19F3N4O5/c21-20(22,23)16-15-14(32-18(16)19(28)24-5-12-8-30-10-25-12)2-1-11-6-27(26-17(11)15)7-13-9-29-3-4-31-13/h6,8,10,13H,1-5,7,9H2,(H,24,28)/t13-/m0/s1. The van der Waals surface area contributed by atoms with Crippen LogP contribution >= 0.6 is 0 Å². The predicted molar refractivity (Wildman–Crippen MR) is 101 cm³/mol. The molecule has 0 radical (unpaired) electrons. The molecule has 3 aromatic rings. The highest BCUT2D eigenvalue weighted by Crippen LogP contribution is 2.46. The summed E-state index contributed by atoms with van der Waals surface area (Å²) in [6.45, 7) is 1.63. The smallest absolute Gasteiger partial charge is 0.420 e. The Morgan fingerprint density at radius 2 is 2.16 bits per heavy atom. The molecule has 1 saturated heterocycles. The van der Waals surface area contributed by atoms with Crippen LogP contribution in [0.25, 0.3) is 11.3 Å². The molecule has 170 valence electrons. The van der Waals surface area contributed by atoms with Gasteiger partial charge in [0, 0.05) is 12.6 Å². The van der Waals surface area contributed by atoms with Crippen LogP contribution in [0.15, 0.2) is 27.7 Å². The molecule has 0 spiro atoms. The quantitative estimate of drug-likeness (QED) is 0.635. The molecule has 1 aliphatic carbocycles. The molecule has 4 heterocycles. The second-order valence-electron chi connectivity index (χ2n) is 7.56. The Bertz CT molecular complexity index is 1110. The molecule has 9 nitrogen and oxygen atoms in total. The number of alkyl halides is 3. The second kappa shape index (κ2) is 8.10. The number of aryl methyl sites for hydroxylation is 2. The van der Waals surface area contributed by atoms with E-state index in [0.717, 1.165) is 6.39 Å². The van der Waals surface area contributed by atoms with E-state index < -0.39 is 23.4 Å². The van der Waals surface area contributed by atoms with Gasteiger partial charge in [0.15, 0.2) is 6.39 Å². The maximum Gasteiger partial charge on any atom is 0.420 e. The van der Waals surface area contributed by atoms with Crippen LogP contribution in [-0.2, 0) is 41.6 Å². The summed E-state index contributed by atoms with van der Waals surface area (Å²) in [6.07, 6.45) is -0.182. The molecule has 3 aromatic heterocycles. The minimum absolute atomic E-state index is 0.0959. The fourth-order valence-corrected chi connectivity index (χ4v) is 3.96. The number of hydrogen-bond donors (Lipinski definition) is 1. The van der Waals surface area contributed by atoms with E-state index in [1.54, 1.807) is 10.9 Å². The zero-order chi connectivity index (χ0) is 22.3. The van der Waals surface area contributed by atoms with Crippen molar-refractivity contribution in [3.8, 4) is 11.3 Å². The van der Waals surface area contributed by atoms with Crippen molar-refractivity contribution in [2.75, 3.05) is 19.8 Å². The van der Waals surface area contributed by atoms with E-state index in [1.807, 2.05) is 0 Å². The van der Waals surface area contributed by atoms with Gasteiger partial charge in [-0.15, -0.1) is 0 Å². The highest BCUT2D eigenvalue weighted by Gasteiger charge is 2.45. The van der Waals surface area contributed by atoms with Crippen molar-refractivity contribution in [2.24, 2.45) is 0 Å². The van der Waals surface area contributed by atoms with Gasteiger partial charge < -0.3 is 23.6 Å². The lowest BCUT2D eigenvalue weighted by atomic mass is 9.93. The molecule has 0 bridgehead atoms. The van der Waals surface area contributed by atoms with Crippen molar-refractivity contribution < 1.29 is 36.3 Å². The highest BCUT2D eigenvalue weighted by atomic mass is 19.4. The minimum Gasteiger partial charge on any atom is -0.455 e. The first kappa shape index (κ1) is 20.8. The number of amides is 1. The first-order valence-corrected chi connectivity index (χ1v) is 10.0. The molecule has 0 aromatic carbocycles. The summed E-state index contributed by atoms with van der Waals surface area (Å²) in [5.74, 6) is -1.67. The number of oxazole rings is 1. The lowest BCUT2D eigenvalue weighted by molar-refractivity contribution is -0.137. The Balaban J connectivity index is 1.47. The van der Waals surface area contributed by atoms with Crippen molar-refractivity contribution in [2.45, 2.75) is 38.2 Å². The summed E-state index contributed by atoms with van der Waals surface area (Å²) < 4.78 is 65.0. The number of halogens is 3. The van der Waals surface area contributed by atoms with Crippen LogP contribution in [-0.4, -0.2) is 46.6 Å². The number of carbonyl (C=O) groups is 1. The summed E-state index contributed by atoms with van der Waals surface area (Å²) in [6, 6.07) is 0. The summed E-state index contributed by atoms with van der Waals surface area (Å²) in [7, 11) is 0. The molecule has 1 fully saturated rings. The fourth-order valence-electron chi connectivity index (χ4n) is 3.96. The zero-order valence-corrected chi connectivity index (χ0v) is 16.8. The van der Waals surface area contributed by atoms with Crippen LogP contribution in [0.5, 0.6) is 0 Å². The first-order chi connectivity index (χ1) is 15.4. The number of fused-ring (bicyclic) bond motifs is 3. The van der Waals surface area contributed by atoms with Gasteiger partial charge in [0.25, 0.3) is 5.91 Å². The molecule has 1 amide bonds. The van der Waals surface area contributed by atoms with Gasteiger partial charge in [-0.1, -0.05) is 0 Å². The number of ether oxygens (including phenoxy) is 2.